The van der Waals surface area contributed by atoms with Crippen LogP contribution < -0.4 is 9.33 Å². The minimum Gasteiger partial charge on any atom is -0.544 e. The molecule has 4 heterocycles. The summed E-state index contributed by atoms with van der Waals surface area (Å²) in [5, 5.41) is 4.69. The summed E-state index contributed by atoms with van der Waals surface area (Å²) < 4.78 is 16.3. The summed E-state index contributed by atoms with van der Waals surface area (Å²) >= 11 is 0. The lowest BCUT2D eigenvalue weighted by Gasteiger charge is -2.36. The Hall–Kier alpha value is -5.62. The molecular weight excluding hydrogens is 805 g/mol. The Balaban J connectivity index is 1.31. The van der Waals surface area contributed by atoms with Crippen molar-refractivity contribution in [3.8, 4) is 17.0 Å². The summed E-state index contributed by atoms with van der Waals surface area (Å²) in [4.78, 5) is 49.0. The molecule has 0 unspecified atom stereocenters. The number of carbonyl (C=O) groups is 3. The number of carbonyl (C=O) groups excluding carboxylic acids is 3. The first-order valence-electron chi connectivity index (χ1n) is 22.4. The minimum absolute atomic E-state index is 0.0294. The van der Waals surface area contributed by atoms with Gasteiger partial charge in [-0.05, 0) is 136 Å². The third kappa shape index (κ3) is 9.51. The van der Waals surface area contributed by atoms with Crippen molar-refractivity contribution in [1.82, 2.24) is 24.1 Å². The standard InChI is InChI=1S/C51H66N6O5Si/c1-33(2)29-55-32-41(28-52-55)57(40-18-20-42(21-19-40)62-63(12,13)51(8,9)10)48(59)43-27-46(53(11)35(43)4)44-25-37-22-23-54(49(60)61-50(5,6)7)30-39(37)26-45(44)47(58)56-31-38-17-15-14-16-36(38)24-34(56)3/h14-21,25-28,32-34H,22-24,29-31H2,1-13H3/t34-/m1/s1. The molecule has 0 saturated carbocycles. The first-order valence-corrected chi connectivity index (χ1v) is 25.3. The van der Waals surface area contributed by atoms with E-state index in [0.29, 0.717) is 61.0 Å². The Labute approximate surface area is 375 Å². The van der Waals surface area contributed by atoms with Crippen LogP contribution in [0.1, 0.15) is 111 Å². The van der Waals surface area contributed by atoms with Crippen LogP contribution >= 0.6 is 0 Å². The van der Waals surface area contributed by atoms with Gasteiger partial charge < -0.3 is 23.5 Å². The van der Waals surface area contributed by atoms with Crippen LogP contribution in [0, 0.1) is 12.8 Å². The van der Waals surface area contributed by atoms with Crippen molar-refractivity contribution in [2.24, 2.45) is 13.0 Å². The average molecular weight is 871 g/mol. The van der Waals surface area contributed by atoms with Crippen molar-refractivity contribution in [3.05, 3.63) is 118 Å². The van der Waals surface area contributed by atoms with E-state index in [1.807, 2.05) is 97.6 Å². The fourth-order valence-electron chi connectivity index (χ4n) is 8.32. The SMILES string of the molecule is Cc1c(C(=O)N(c2ccc(O[Si](C)(C)C(C)(C)C)cc2)c2cnn(CC(C)C)c2)cc(-c2cc3c(cc2C(=O)N2Cc4ccccc4C[C@H]2C)CN(C(=O)OC(C)(C)C)CC3)n1C. The number of amides is 3. The van der Waals surface area contributed by atoms with Crippen molar-refractivity contribution >= 4 is 37.6 Å². The second kappa shape index (κ2) is 17.2. The molecule has 0 aliphatic carbocycles. The zero-order valence-corrected chi connectivity index (χ0v) is 40.6. The number of benzene rings is 3. The molecule has 3 aromatic carbocycles. The molecule has 0 saturated heterocycles. The van der Waals surface area contributed by atoms with Gasteiger partial charge in [0.05, 0.1) is 17.4 Å². The lowest BCUT2D eigenvalue weighted by atomic mass is 9.90. The first-order chi connectivity index (χ1) is 29.5. The summed E-state index contributed by atoms with van der Waals surface area (Å²) in [5.41, 5.74) is 8.41. The van der Waals surface area contributed by atoms with E-state index in [0.717, 1.165) is 45.8 Å². The molecular formula is C51H66N6O5Si. The van der Waals surface area contributed by atoms with Crippen molar-refractivity contribution < 1.29 is 23.5 Å². The van der Waals surface area contributed by atoms with E-state index < -0.39 is 13.9 Å². The van der Waals surface area contributed by atoms with Gasteiger partial charge in [-0.2, -0.15) is 5.10 Å². The van der Waals surface area contributed by atoms with E-state index in [2.05, 4.69) is 84.0 Å². The normalized spacial score (nSPS) is 15.6. The maximum absolute atomic E-state index is 15.2. The Bertz CT molecular complexity index is 2520. The van der Waals surface area contributed by atoms with Gasteiger partial charge in [0.25, 0.3) is 11.8 Å². The number of rotatable bonds is 9. The van der Waals surface area contributed by atoms with Gasteiger partial charge in [-0.1, -0.05) is 58.9 Å². The predicted molar refractivity (Wildman–Crippen MR) is 253 cm³/mol. The smallest absolute Gasteiger partial charge is 0.410 e. The average Bonchev–Trinajstić information content (AvgIpc) is 3.78. The molecule has 12 heteroatoms. The molecule has 2 aliphatic rings. The molecule has 0 spiro atoms. The largest absolute Gasteiger partial charge is 0.544 e. The van der Waals surface area contributed by atoms with Gasteiger partial charge in [-0.15, -0.1) is 0 Å². The van der Waals surface area contributed by atoms with Crippen LogP contribution in [0.2, 0.25) is 18.1 Å². The van der Waals surface area contributed by atoms with Gasteiger partial charge in [0, 0.05) is 73.7 Å². The molecule has 334 valence electrons. The van der Waals surface area contributed by atoms with Crippen LogP contribution in [0.25, 0.3) is 11.3 Å². The van der Waals surface area contributed by atoms with Gasteiger partial charge >= 0.3 is 6.09 Å². The van der Waals surface area contributed by atoms with Crippen LogP contribution in [0.3, 0.4) is 0 Å². The van der Waals surface area contributed by atoms with Crippen LogP contribution in [-0.2, 0) is 44.3 Å². The second-order valence-electron chi connectivity index (χ2n) is 20.5. The number of nitrogens with zero attached hydrogens (tertiary/aromatic N) is 6. The van der Waals surface area contributed by atoms with Crippen molar-refractivity contribution in [1.29, 1.82) is 0 Å². The predicted octanol–water partition coefficient (Wildman–Crippen LogP) is 11.1. The zero-order chi connectivity index (χ0) is 45.8. The molecule has 7 rings (SSSR count). The van der Waals surface area contributed by atoms with E-state index in [1.165, 1.54) is 5.56 Å². The Morgan fingerprint density at radius 3 is 2.21 bits per heavy atom. The van der Waals surface area contributed by atoms with Gasteiger partial charge in [-0.3, -0.25) is 19.2 Å². The monoisotopic (exact) mass is 870 g/mol. The van der Waals surface area contributed by atoms with E-state index in [9.17, 15) is 4.79 Å². The third-order valence-corrected chi connectivity index (χ3v) is 17.3. The molecule has 0 radical (unpaired) electrons. The zero-order valence-electron chi connectivity index (χ0n) is 39.6. The number of hydrogen-bond acceptors (Lipinski definition) is 6. The summed E-state index contributed by atoms with van der Waals surface area (Å²) in [7, 11) is -0.146. The second-order valence-corrected chi connectivity index (χ2v) is 25.2. The number of aromatic nitrogens is 3. The molecule has 0 bridgehead atoms. The molecule has 2 aliphatic heterocycles. The van der Waals surface area contributed by atoms with Gasteiger partial charge in [0.15, 0.2) is 0 Å². The summed E-state index contributed by atoms with van der Waals surface area (Å²) in [5.74, 6) is 0.840. The molecule has 2 aromatic heterocycles. The molecule has 0 fully saturated rings. The van der Waals surface area contributed by atoms with Crippen molar-refractivity contribution in [2.45, 2.75) is 131 Å². The van der Waals surface area contributed by atoms with E-state index in [4.69, 9.17) is 9.16 Å². The molecule has 0 N–H and O–H groups in total. The highest BCUT2D eigenvalue weighted by Gasteiger charge is 2.39. The van der Waals surface area contributed by atoms with Crippen LogP contribution in [0.4, 0.5) is 16.2 Å². The molecule has 1 atom stereocenters. The maximum Gasteiger partial charge on any atom is 0.410 e. The van der Waals surface area contributed by atoms with Crippen molar-refractivity contribution in [2.75, 3.05) is 11.4 Å². The van der Waals surface area contributed by atoms with Gasteiger partial charge in [0.2, 0.25) is 8.32 Å². The highest BCUT2D eigenvalue weighted by atomic mass is 28.4. The summed E-state index contributed by atoms with van der Waals surface area (Å²) in [6.45, 7) is 27.1. The quantitative estimate of drug-likeness (QED) is 0.137. The highest BCUT2D eigenvalue weighted by molar-refractivity contribution is 6.74. The summed E-state index contributed by atoms with van der Waals surface area (Å²) in [6.07, 6.45) is 4.66. The van der Waals surface area contributed by atoms with Crippen LogP contribution in [0.5, 0.6) is 5.75 Å². The van der Waals surface area contributed by atoms with E-state index in [-0.39, 0.29) is 29.0 Å². The first kappa shape index (κ1) is 45.4. The molecule has 11 nitrogen and oxygen atoms in total. The van der Waals surface area contributed by atoms with Crippen LogP contribution in [-0.4, -0.2) is 68.6 Å². The number of fused-ring (bicyclic) bond motifs is 2. The number of ether oxygens (including phenoxy) is 1. The third-order valence-electron chi connectivity index (χ3n) is 13.0. The lowest BCUT2D eigenvalue weighted by molar-refractivity contribution is 0.0224. The van der Waals surface area contributed by atoms with Gasteiger partial charge in [-0.25, -0.2) is 4.79 Å². The summed E-state index contributed by atoms with van der Waals surface area (Å²) in [6, 6.07) is 22.1. The fourth-order valence-corrected chi connectivity index (χ4v) is 9.35. The maximum atomic E-state index is 15.2. The minimum atomic E-state index is -2.10. The lowest BCUT2D eigenvalue weighted by Crippen LogP contribution is -2.43. The Morgan fingerprint density at radius 2 is 1.56 bits per heavy atom. The topological polar surface area (TPSA) is 102 Å². The van der Waals surface area contributed by atoms with Crippen molar-refractivity contribution in [3.63, 3.8) is 0 Å². The highest BCUT2D eigenvalue weighted by Crippen LogP contribution is 2.40. The number of anilines is 2. The van der Waals surface area contributed by atoms with Gasteiger partial charge in [0.1, 0.15) is 11.4 Å². The number of hydrogen-bond donors (Lipinski definition) is 0. The van der Waals surface area contributed by atoms with E-state index in [1.54, 1.807) is 16.0 Å². The molecule has 3 amide bonds. The van der Waals surface area contributed by atoms with Crippen LogP contribution in [0.15, 0.2) is 79.1 Å². The molecule has 63 heavy (non-hydrogen) atoms. The Kier molecular flexibility index (Phi) is 12.4. The Morgan fingerprint density at radius 1 is 0.873 bits per heavy atom. The fraction of sp³-hybridized carbons (Fsp3) is 0.451. The van der Waals surface area contributed by atoms with E-state index >= 15 is 9.59 Å². The molecule has 5 aromatic rings.